The number of ether oxygens (including phenoxy) is 1. The zero-order valence-corrected chi connectivity index (χ0v) is 15.3. The average Bonchev–Trinajstić information content (AvgIpc) is 2.29. The Kier molecular flexibility index (Phi) is 8.16. The van der Waals surface area contributed by atoms with Gasteiger partial charge in [-0.2, -0.15) is 0 Å². The van der Waals surface area contributed by atoms with Crippen molar-refractivity contribution in [1.82, 2.24) is 0 Å². The molecule has 0 saturated heterocycles. The Morgan fingerprint density at radius 1 is 1.47 bits per heavy atom. The zero-order valence-electron chi connectivity index (χ0n) is 12.3. The maximum atomic E-state index is 11.3. The van der Waals surface area contributed by atoms with Crippen LogP contribution < -0.4 is 5.11 Å². The molecule has 4 nitrogen and oxygen atoms in total. The summed E-state index contributed by atoms with van der Waals surface area (Å²) in [4.78, 5) is 21.2. The summed E-state index contributed by atoms with van der Waals surface area (Å²) >= 11 is 1.17. The van der Waals surface area contributed by atoms with Crippen LogP contribution in [0, 0.1) is 5.41 Å². The molecule has 0 spiro atoms. The van der Waals surface area contributed by atoms with E-state index in [1.807, 2.05) is 6.92 Å². The molecule has 0 heterocycles. The van der Waals surface area contributed by atoms with Gasteiger partial charge < -0.3 is 9.90 Å². The second-order valence-corrected chi connectivity index (χ2v) is 7.61. The summed E-state index contributed by atoms with van der Waals surface area (Å²) in [6.07, 6.45) is 5.50. The van der Waals surface area contributed by atoms with Crippen molar-refractivity contribution in [3.05, 3.63) is 11.6 Å². The molecule has 0 amide bonds. The minimum atomic E-state index is -1.01. The van der Waals surface area contributed by atoms with Crippen molar-refractivity contribution in [1.29, 1.82) is 0 Å². The summed E-state index contributed by atoms with van der Waals surface area (Å²) in [6, 6.07) is 0. The van der Waals surface area contributed by atoms with Crippen LogP contribution in [-0.2, 0) is 32.6 Å². The van der Waals surface area contributed by atoms with Crippen molar-refractivity contribution in [2.45, 2.75) is 51.5 Å². The van der Waals surface area contributed by atoms with Crippen molar-refractivity contribution in [2.24, 2.45) is 5.41 Å². The van der Waals surface area contributed by atoms with E-state index in [2.05, 4.69) is 6.08 Å². The Balaban J connectivity index is 0.000000399. The molecular formula is C14H22O4Zn. The standard InChI is InChI=1S/C9H13O2.C5H10O2.Zn/c1-2-11-9(10)8-6-4-3-5-7-8;1-5(2,3)4(6)7;/h6-7H,2-5H2,1H3;1-3H3,(H,6,7);/q;;+1/p-1. The summed E-state index contributed by atoms with van der Waals surface area (Å²) in [5.74, 6) is -1.10. The molecule has 0 aliphatic heterocycles. The first kappa shape index (κ1) is 18.3. The number of esters is 1. The van der Waals surface area contributed by atoms with Gasteiger partial charge in [-0.1, -0.05) is 20.8 Å². The summed E-state index contributed by atoms with van der Waals surface area (Å²) < 4.78 is 5.48. The van der Waals surface area contributed by atoms with Gasteiger partial charge >= 0.3 is 82.8 Å². The molecule has 0 aromatic heterocycles. The molecule has 0 bridgehead atoms. The van der Waals surface area contributed by atoms with E-state index in [4.69, 9.17) is 4.74 Å². The van der Waals surface area contributed by atoms with Crippen molar-refractivity contribution >= 4 is 11.9 Å². The zero-order chi connectivity index (χ0) is 15.1. The molecule has 0 fully saturated rings. The second-order valence-electron chi connectivity index (χ2n) is 5.55. The van der Waals surface area contributed by atoms with E-state index in [-0.39, 0.29) is 5.97 Å². The third-order valence-electron chi connectivity index (χ3n) is 2.68. The SMILES string of the molecule is CC(C)(C)C(=O)[O-].CCOC(=O)C1=CCCC[CH]1[Zn+]. The van der Waals surface area contributed by atoms with Gasteiger partial charge in [0.25, 0.3) is 0 Å². The molecule has 0 radical (unpaired) electrons. The van der Waals surface area contributed by atoms with E-state index in [0.29, 0.717) is 11.1 Å². The van der Waals surface area contributed by atoms with Crippen LogP contribution in [0.1, 0.15) is 47.0 Å². The number of carbonyl (C=O) groups is 2. The fourth-order valence-electron chi connectivity index (χ4n) is 1.41. The monoisotopic (exact) mass is 318 g/mol. The average molecular weight is 320 g/mol. The molecule has 104 valence electrons. The maximum absolute atomic E-state index is 11.3. The van der Waals surface area contributed by atoms with Crippen LogP contribution in [0.25, 0.3) is 0 Å². The van der Waals surface area contributed by atoms with E-state index in [1.54, 1.807) is 20.8 Å². The van der Waals surface area contributed by atoms with Crippen molar-refractivity contribution in [3.63, 3.8) is 0 Å². The fraction of sp³-hybridized carbons (Fsp3) is 0.714. The van der Waals surface area contributed by atoms with E-state index >= 15 is 0 Å². The van der Waals surface area contributed by atoms with E-state index in [9.17, 15) is 14.7 Å². The van der Waals surface area contributed by atoms with Gasteiger partial charge in [0, 0.05) is 11.4 Å². The number of hydrogen-bond acceptors (Lipinski definition) is 4. The van der Waals surface area contributed by atoms with Crippen LogP contribution in [0.3, 0.4) is 0 Å². The van der Waals surface area contributed by atoms with Gasteiger partial charge in [-0.15, -0.1) is 0 Å². The van der Waals surface area contributed by atoms with Gasteiger partial charge in [-0.3, -0.25) is 0 Å². The predicted molar refractivity (Wildman–Crippen MR) is 66.8 cm³/mol. The summed E-state index contributed by atoms with van der Waals surface area (Å²) in [7, 11) is 0. The number of carboxylic acid groups (broad SMARTS) is 1. The van der Waals surface area contributed by atoms with E-state index in [1.165, 1.54) is 31.1 Å². The van der Waals surface area contributed by atoms with Crippen molar-refractivity contribution in [2.75, 3.05) is 6.61 Å². The van der Waals surface area contributed by atoms with Crippen molar-refractivity contribution < 1.29 is 37.7 Å². The number of hydrogen-bond donors (Lipinski definition) is 0. The summed E-state index contributed by atoms with van der Waals surface area (Å²) in [6.45, 7) is 7.14. The normalized spacial score (nSPS) is 18.8. The molecule has 0 aromatic carbocycles. The number of aliphatic carboxylic acids is 1. The predicted octanol–water partition coefficient (Wildman–Crippen LogP) is 1.78. The Hall–Kier alpha value is -0.697. The number of allylic oxidation sites excluding steroid dienone is 1. The molecule has 1 aliphatic carbocycles. The first-order chi connectivity index (χ1) is 8.70. The molecule has 0 saturated carbocycles. The van der Waals surface area contributed by atoms with Gasteiger partial charge in [0.05, 0.1) is 0 Å². The molecule has 1 rings (SSSR count). The minimum absolute atomic E-state index is 0.0894. The van der Waals surface area contributed by atoms with Crippen LogP contribution >= 0.6 is 0 Å². The summed E-state index contributed by atoms with van der Waals surface area (Å²) in [5, 5.41) is 9.91. The molecule has 1 atom stereocenters. The molecule has 1 unspecified atom stereocenters. The van der Waals surface area contributed by atoms with Crippen LogP contribution in [0.2, 0.25) is 4.51 Å². The molecule has 0 aromatic rings. The van der Waals surface area contributed by atoms with Gasteiger partial charge in [-0.25, -0.2) is 0 Å². The fourth-order valence-corrected chi connectivity index (χ4v) is 2.71. The second kappa shape index (κ2) is 8.47. The van der Waals surface area contributed by atoms with Crippen LogP contribution in [-0.4, -0.2) is 18.5 Å². The third-order valence-corrected chi connectivity index (χ3v) is 4.46. The Morgan fingerprint density at radius 3 is 2.37 bits per heavy atom. The van der Waals surface area contributed by atoms with E-state index < -0.39 is 11.4 Å². The van der Waals surface area contributed by atoms with Crippen LogP contribution in [0.4, 0.5) is 0 Å². The Bertz CT molecular complexity index is 342. The first-order valence-corrected chi connectivity index (χ1v) is 8.33. The molecule has 0 N–H and O–H groups in total. The number of rotatable bonds is 2. The van der Waals surface area contributed by atoms with Crippen molar-refractivity contribution in [3.8, 4) is 0 Å². The first-order valence-electron chi connectivity index (χ1n) is 6.61. The topological polar surface area (TPSA) is 66.4 Å². The molecule has 5 heteroatoms. The van der Waals surface area contributed by atoms with Gasteiger partial charge in [0.15, 0.2) is 0 Å². The van der Waals surface area contributed by atoms with Crippen LogP contribution in [0.5, 0.6) is 0 Å². The van der Waals surface area contributed by atoms with E-state index in [0.717, 1.165) is 12.0 Å². The Morgan fingerprint density at radius 2 is 2.00 bits per heavy atom. The van der Waals surface area contributed by atoms with Crippen LogP contribution in [0.15, 0.2) is 11.6 Å². The summed E-state index contributed by atoms with van der Waals surface area (Å²) in [5.41, 5.74) is 0.239. The number of carbonyl (C=O) groups excluding carboxylic acids is 2. The van der Waals surface area contributed by atoms with Gasteiger partial charge in [0.2, 0.25) is 0 Å². The van der Waals surface area contributed by atoms with Gasteiger partial charge in [-0.05, 0) is 0 Å². The quantitative estimate of drug-likeness (QED) is 0.575. The number of carboxylic acids is 1. The third kappa shape index (κ3) is 7.46. The van der Waals surface area contributed by atoms with Gasteiger partial charge in [0.1, 0.15) is 0 Å². The Labute approximate surface area is 125 Å². The molecular weight excluding hydrogens is 298 g/mol. The molecule has 19 heavy (non-hydrogen) atoms. The molecule has 1 aliphatic rings.